The van der Waals surface area contributed by atoms with Crippen LogP contribution in [0, 0.1) is 0 Å². The quantitative estimate of drug-likeness (QED) is 0.453. The number of carbonyl (C=O) groups is 1. The van der Waals surface area contributed by atoms with Gasteiger partial charge >= 0.3 is 0 Å². The van der Waals surface area contributed by atoms with Crippen molar-refractivity contribution >= 4 is 21.6 Å². The lowest BCUT2D eigenvalue weighted by molar-refractivity contribution is -0.127. The van der Waals surface area contributed by atoms with Crippen LogP contribution in [0.3, 0.4) is 0 Å². The molecule has 1 atom stereocenters. The maximum absolute atomic E-state index is 13.3. The van der Waals surface area contributed by atoms with Crippen molar-refractivity contribution in [3.63, 3.8) is 0 Å². The van der Waals surface area contributed by atoms with Crippen LogP contribution >= 0.6 is 0 Å². The number of nitrogens with zero attached hydrogens (tertiary/aromatic N) is 1. The number of rotatable bonds is 9. The highest BCUT2D eigenvalue weighted by atomic mass is 32.2. The van der Waals surface area contributed by atoms with Crippen molar-refractivity contribution < 1.29 is 22.7 Å². The number of benzene rings is 3. The van der Waals surface area contributed by atoms with Crippen molar-refractivity contribution in [1.29, 1.82) is 0 Å². The number of hydrogen-bond acceptors (Lipinski definition) is 5. The third-order valence-electron chi connectivity index (χ3n) is 5.75. The van der Waals surface area contributed by atoms with Crippen LogP contribution in [-0.2, 0) is 20.6 Å². The third-order valence-corrected chi connectivity index (χ3v) is 7.47. The second kappa shape index (κ2) is 10.8. The van der Waals surface area contributed by atoms with Gasteiger partial charge in [0.25, 0.3) is 5.91 Å². The number of sulfonamides is 1. The minimum atomic E-state index is -3.74. The van der Waals surface area contributed by atoms with Gasteiger partial charge < -0.3 is 14.8 Å². The van der Waals surface area contributed by atoms with Gasteiger partial charge in [0.2, 0.25) is 10.0 Å². The van der Waals surface area contributed by atoms with E-state index in [0.29, 0.717) is 22.9 Å². The number of para-hydroxylation sites is 3. The molecule has 0 spiro atoms. The molecule has 35 heavy (non-hydrogen) atoms. The fraction of sp³-hybridized carbons (Fsp3) is 0.296. The first-order valence-electron chi connectivity index (χ1n) is 11.6. The van der Waals surface area contributed by atoms with Crippen LogP contribution in [0.5, 0.6) is 11.5 Å². The predicted octanol–water partition coefficient (Wildman–Crippen LogP) is 4.10. The lowest BCUT2D eigenvalue weighted by Crippen LogP contribution is -2.51. The summed E-state index contributed by atoms with van der Waals surface area (Å²) in [6, 6.07) is 23.7. The van der Waals surface area contributed by atoms with E-state index in [1.807, 2.05) is 30.3 Å². The van der Waals surface area contributed by atoms with Crippen molar-refractivity contribution in [2.45, 2.75) is 31.6 Å². The van der Waals surface area contributed by atoms with Crippen LogP contribution in [-0.4, -0.2) is 40.1 Å². The molecule has 8 heteroatoms. The predicted molar refractivity (Wildman–Crippen MR) is 136 cm³/mol. The molecule has 184 valence electrons. The number of hydrogen-bond donors (Lipinski definition) is 1. The molecule has 0 fully saturated rings. The molecule has 0 unspecified atom stereocenters. The van der Waals surface area contributed by atoms with Gasteiger partial charge in [0, 0.05) is 0 Å². The van der Waals surface area contributed by atoms with Gasteiger partial charge in [-0.15, -0.1) is 0 Å². The highest BCUT2D eigenvalue weighted by Crippen LogP contribution is 2.35. The maximum atomic E-state index is 13.3. The molecule has 1 aliphatic rings. The molecule has 0 aromatic heterocycles. The zero-order valence-electron chi connectivity index (χ0n) is 19.9. The fourth-order valence-electron chi connectivity index (χ4n) is 4.00. The summed E-state index contributed by atoms with van der Waals surface area (Å²) in [6.07, 6.45) is -0.974. The summed E-state index contributed by atoms with van der Waals surface area (Å²) >= 11 is 0. The maximum Gasteiger partial charge on any atom is 0.263 e. The molecule has 0 saturated carbocycles. The van der Waals surface area contributed by atoms with Crippen molar-refractivity contribution in [1.82, 2.24) is 5.32 Å². The summed E-state index contributed by atoms with van der Waals surface area (Å²) in [5, 5.41) is 2.81. The molecule has 4 rings (SSSR count). The van der Waals surface area contributed by atoms with E-state index in [1.54, 1.807) is 48.5 Å². The van der Waals surface area contributed by atoms with Crippen LogP contribution in [0.1, 0.15) is 30.9 Å². The zero-order valence-corrected chi connectivity index (χ0v) is 20.7. The Morgan fingerprint density at radius 3 is 2.49 bits per heavy atom. The van der Waals surface area contributed by atoms with E-state index >= 15 is 0 Å². The van der Waals surface area contributed by atoms with Crippen LogP contribution in [0.15, 0.2) is 78.9 Å². The summed E-state index contributed by atoms with van der Waals surface area (Å²) in [5.74, 6) is 0.912. The number of amides is 1. The molecule has 0 saturated heterocycles. The van der Waals surface area contributed by atoms with Crippen LogP contribution in [0.25, 0.3) is 0 Å². The number of nitrogens with one attached hydrogen (secondary N) is 1. The number of fused-ring (bicyclic) bond motifs is 1. The first-order valence-corrected chi connectivity index (χ1v) is 13.3. The average molecular weight is 495 g/mol. The Hall–Kier alpha value is -3.52. The van der Waals surface area contributed by atoms with Crippen molar-refractivity contribution in [3.05, 3.63) is 90.0 Å². The Labute approximate surface area is 206 Å². The summed E-state index contributed by atoms with van der Waals surface area (Å²) in [4.78, 5) is 12.9. The molecule has 0 bridgehead atoms. The summed E-state index contributed by atoms with van der Waals surface area (Å²) < 4.78 is 39.6. The minimum Gasteiger partial charge on any atom is -0.491 e. The Bertz CT molecular complexity index is 1260. The van der Waals surface area contributed by atoms with Crippen molar-refractivity contribution in [3.8, 4) is 11.5 Å². The van der Waals surface area contributed by atoms with E-state index in [9.17, 15) is 13.2 Å². The Morgan fingerprint density at radius 2 is 1.71 bits per heavy atom. The van der Waals surface area contributed by atoms with Gasteiger partial charge in [-0.1, -0.05) is 74.5 Å². The minimum absolute atomic E-state index is 0.102. The molecule has 3 aromatic carbocycles. The van der Waals surface area contributed by atoms with Gasteiger partial charge in [-0.3, -0.25) is 9.10 Å². The molecular formula is C27H30N2O5S. The number of anilines is 1. The van der Waals surface area contributed by atoms with Crippen LogP contribution < -0.4 is 19.1 Å². The SMILES string of the molecule is CC(C)c1ccccc1OCCNC(=O)[C@@H]1CN(S(=O)(=O)Cc2ccccc2)c2ccccc2O1. The molecule has 3 aromatic rings. The van der Waals surface area contributed by atoms with E-state index in [0.717, 1.165) is 11.3 Å². The number of ether oxygens (including phenoxy) is 2. The van der Waals surface area contributed by atoms with Gasteiger partial charge in [0.1, 0.15) is 18.1 Å². The summed E-state index contributed by atoms with van der Waals surface area (Å²) in [5.41, 5.74) is 2.21. The molecule has 0 radical (unpaired) electrons. The Balaban J connectivity index is 1.42. The molecule has 0 aliphatic carbocycles. The summed E-state index contributed by atoms with van der Waals surface area (Å²) in [7, 11) is -3.74. The standard InChI is InChI=1S/C27H30N2O5S/c1-20(2)22-12-6-8-14-24(22)33-17-16-28-27(30)26-18-29(23-13-7-9-15-25(23)34-26)35(31,32)19-21-10-4-3-5-11-21/h3-15,20,26H,16-19H2,1-2H3,(H,28,30)/t26-/m0/s1. The molecular weight excluding hydrogens is 464 g/mol. The highest BCUT2D eigenvalue weighted by Gasteiger charge is 2.36. The molecule has 1 amide bonds. The largest absolute Gasteiger partial charge is 0.491 e. The fourth-order valence-corrected chi connectivity index (χ4v) is 5.59. The normalized spacial score (nSPS) is 15.3. The number of carbonyl (C=O) groups excluding carboxylic acids is 1. The topological polar surface area (TPSA) is 84.9 Å². The van der Waals surface area contributed by atoms with Gasteiger partial charge in [0.15, 0.2) is 6.10 Å². The third kappa shape index (κ3) is 5.95. The monoisotopic (exact) mass is 494 g/mol. The first kappa shape index (κ1) is 24.6. The smallest absolute Gasteiger partial charge is 0.263 e. The van der Waals surface area contributed by atoms with E-state index < -0.39 is 16.1 Å². The molecule has 1 heterocycles. The van der Waals surface area contributed by atoms with E-state index in [2.05, 4.69) is 19.2 Å². The summed E-state index contributed by atoms with van der Waals surface area (Å²) in [6.45, 7) is 4.65. The lowest BCUT2D eigenvalue weighted by atomic mass is 10.0. The van der Waals surface area contributed by atoms with Crippen molar-refractivity contribution in [2.24, 2.45) is 0 Å². The molecule has 7 nitrogen and oxygen atoms in total. The van der Waals surface area contributed by atoms with E-state index in [-0.39, 0.29) is 31.4 Å². The second-order valence-corrected chi connectivity index (χ2v) is 10.6. The van der Waals surface area contributed by atoms with Crippen molar-refractivity contribution in [2.75, 3.05) is 24.0 Å². The van der Waals surface area contributed by atoms with Crippen LogP contribution in [0.2, 0.25) is 0 Å². The van der Waals surface area contributed by atoms with Crippen LogP contribution in [0.4, 0.5) is 5.69 Å². The molecule has 1 aliphatic heterocycles. The second-order valence-electron chi connectivity index (χ2n) is 8.68. The lowest BCUT2D eigenvalue weighted by Gasteiger charge is -2.34. The van der Waals surface area contributed by atoms with Gasteiger partial charge in [-0.25, -0.2) is 8.42 Å². The van der Waals surface area contributed by atoms with Gasteiger partial charge in [-0.2, -0.15) is 0 Å². The first-order chi connectivity index (χ1) is 16.8. The highest BCUT2D eigenvalue weighted by molar-refractivity contribution is 7.92. The average Bonchev–Trinajstić information content (AvgIpc) is 2.86. The van der Waals surface area contributed by atoms with E-state index in [4.69, 9.17) is 9.47 Å². The van der Waals surface area contributed by atoms with Gasteiger partial charge in [0.05, 0.1) is 24.5 Å². The van der Waals surface area contributed by atoms with Gasteiger partial charge in [-0.05, 0) is 35.2 Å². The molecule has 1 N–H and O–H groups in total. The Kier molecular flexibility index (Phi) is 7.60. The van der Waals surface area contributed by atoms with E-state index in [1.165, 1.54) is 4.31 Å². The Morgan fingerprint density at radius 1 is 1.03 bits per heavy atom. The zero-order chi connectivity index (χ0) is 24.8.